The molecule has 2 saturated carbocycles. The maximum atomic E-state index is 15.2. The van der Waals surface area contributed by atoms with Crippen molar-refractivity contribution in [2.45, 2.75) is 88.4 Å². The van der Waals surface area contributed by atoms with Crippen molar-refractivity contribution < 1.29 is 18.8 Å². The number of hydrogen-bond acceptors (Lipinski definition) is 10. The van der Waals surface area contributed by atoms with Gasteiger partial charge in [-0.25, -0.2) is 14.4 Å². The predicted octanol–water partition coefficient (Wildman–Crippen LogP) is 5.52. The summed E-state index contributed by atoms with van der Waals surface area (Å²) in [6.45, 7) is 3.10. The molecule has 1 unspecified atom stereocenters. The van der Waals surface area contributed by atoms with Gasteiger partial charge in [0.05, 0.1) is 22.6 Å². The lowest BCUT2D eigenvalue weighted by atomic mass is 9.83. The van der Waals surface area contributed by atoms with Crippen LogP contribution in [0.3, 0.4) is 0 Å². The number of nitrogens with one attached hydrogen (secondary N) is 4. The van der Waals surface area contributed by atoms with Crippen molar-refractivity contribution in [3.63, 3.8) is 0 Å². The fraction of sp³-hybridized carbons (Fsp3) is 0.442. The molecular formula is C43H49ClFN9O4. The van der Waals surface area contributed by atoms with Crippen LogP contribution in [0, 0.1) is 11.7 Å². The molecular weight excluding hydrogens is 761 g/mol. The highest BCUT2D eigenvalue weighted by atomic mass is 35.5. The number of nitrogens with zero attached hydrogens (tertiary/aromatic N) is 5. The number of carbonyl (C=O) groups is 3. The Morgan fingerprint density at radius 3 is 2.34 bits per heavy atom. The van der Waals surface area contributed by atoms with E-state index >= 15 is 4.39 Å². The van der Waals surface area contributed by atoms with Gasteiger partial charge in [0.2, 0.25) is 23.7 Å². The molecule has 2 saturated heterocycles. The highest BCUT2D eigenvalue weighted by Gasteiger charge is 2.33. The summed E-state index contributed by atoms with van der Waals surface area (Å²) in [5.41, 5.74) is 3.03. The summed E-state index contributed by atoms with van der Waals surface area (Å²) in [5.74, 6) is -0.324. The average molecular weight is 810 g/mol. The van der Waals surface area contributed by atoms with Crippen molar-refractivity contribution in [3.05, 3.63) is 94.3 Å². The number of carbonyl (C=O) groups excluding carboxylic acids is 3. The Balaban J connectivity index is 0.760. The van der Waals surface area contributed by atoms with Crippen LogP contribution in [0.15, 0.2) is 77.9 Å². The van der Waals surface area contributed by atoms with Crippen LogP contribution in [-0.4, -0.2) is 87.5 Å². The minimum absolute atomic E-state index is 0.0229. The zero-order chi connectivity index (χ0) is 40.2. The van der Waals surface area contributed by atoms with E-state index in [2.05, 4.69) is 36.1 Å². The first-order chi connectivity index (χ1) is 28.2. The molecule has 0 bridgehead atoms. The zero-order valence-electron chi connectivity index (χ0n) is 32.3. The Morgan fingerprint density at radius 2 is 1.60 bits per heavy atom. The normalized spacial score (nSPS) is 24.2. The topological polar surface area (TPSA) is 154 Å². The third kappa shape index (κ3) is 9.18. The van der Waals surface area contributed by atoms with Crippen LogP contribution < -0.4 is 31.7 Å². The van der Waals surface area contributed by atoms with Crippen molar-refractivity contribution in [3.8, 4) is 16.9 Å². The van der Waals surface area contributed by atoms with Gasteiger partial charge in [0.25, 0.3) is 5.56 Å². The van der Waals surface area contributed by atoms with E-state index in [0.717, 1.165) is 75.7 Å². The fourth-order valence-corrected chi connectivity index (χ4v) is 9.08. The summed E-state index contributed by atoms with van der Waals surface area (Å²) in [6, 6.07) is 17.7. The SMILES string of the molecule is O=C1CCC(Nc2ccc(N3CCN([C@H]4CC[C@H](C(=O)NC5CCC(Nc6ncc(Cl)c(-c7cccc(-n8ccccc8=O)c7)n6)CC5)CC4)CC3)c(F)c2)C(=O)N1. The van der Waals surface area contributed by atoms with E-state index in [-0.39, 0.29) is 53.5 Å². The van der Waals surface area contributed by atoms with Crippen molar-refractivity contribution in [1.82, 2.24) is 30.1 Å². The van der Waals surface area contributed by atoms with Crippen molar-refractivity contribution in [2.24, 2.45) is 5.92 Å². The van der Waals surface area contributed by atoms with E-state index in [4.69, 9.17) is 16.6 Å². The number of rotatable bonds is 10. The highest BCUT2D eigenvalue weighted by Crippen LogP contribution is 2.32. The summed E-state index contributed by atoms with van der Waals surface area (Å²) in [6.07, 6.45) is 11.2. The first-order valence-corrected chi connectivity index (χ1v) is 20.8. The largest absolute Gasteiger partial charge is 0.374 e. The number of pyridine rings is 1. The molecule has 1 atom stereocenters. The molecule has 15 heteroatoms. The van der Waals surface area contributed by atoms with Crippen molar-refractivity contribution in [1.29, 1.82) is 0 Å². The third-order valence-electron chi connectivity index (χ3n) is 12.1. The van der Waals surface area contributed by atoms with Gasteiger partial charge in [0.1, 0.15) is 11.9 Å². The van der Waals surface area contributed by atoms with Crippen LogP contribution in [0.1, 0.15) is 64.2 Å². The number of anilines is 3. The minimum atomic E-state index is -0.559. The van der Waals surface area contributed by atoms with Crippen LogP contribution in [0.4, 0.5) is 21.7 Å². The monoisotopic (exact) mass is 809 g/mol. The molecule has 4 aromatic rings. The summed E-state index contributed by atoms with van der Waals surface area (Å²) in [7, 11) is 0. The molecule has 4 aliphatic rings. The Hall–Kier alpha value is -5.34. The van der Waals surface area contributed by atoms with Gasteiger partial charge in [0.15, 0.2) is 0 Å². The van der Waals surface area contributed by atoms with Gasteiger partial charge in [-0.2, -0.15) is 0 Å². The number of hydrogen-bond donors (Lipinski definition) is 4. The van der Waals surface area contributed by atoms with Gasteiger partial charge in [-0.3, -0.25) is 34.0 Å². The lowest BCUT2D eigenvalue weighted by molar-refractivity contribution is -0.133. The second kappa shape index (κ2) is 17.7. The quantitative estimate of drug-likeness (QED) is 0.151. The van der Waals surface area contributed by atoms with Gasteiger partial charge < -0.3 is 20.9 Å². The van der Waals surface area contributed by atoms with Crippen LogP contribution >= 0.6 is 11.6 Å². The Labute approximate surface area is 341 Å². The van der Waals surface area contributed by atoms with Gasteiger partial charge in [-0.15, -0.1) is 0 Å². The average Bonchev–Trinajstić information content (AvgIpc) is 3.24. The van der Waals surface area contributed by atoms with E-state index in [1.807, 2.05) is 30.3 Å². The molecule has 2 aliphatic heterocycles. The van der Waals surface area contributed by atoms with Crippen LogP contribution in [0.5, 0.6) is 0 Å². The maximum Gasteiger partial charge on any atom is 0.255 e. The Kier molecular flexibility index (Phi) is 12.0. The fourth-order valence-electron chi connectivity index (χ4n) is 8.88. The molecule has 8 rings (SSSR count). The van der Waals surface area contributed by atoms with E-state index in [0.29, 0.717) is 53.6 Å². The second-order valence-corrected chi connectivity index (χ2v) is 16.3. The number of benzene rings is 2. The predicted molar refractivity (Wildman–Crippen MR) is 222 cm³/mol. The molecule has 4 heterocycles. The summed E-state index contributed by atoms with van der Waals surface area (Å²) in [5, 5.41) is 12.6. The standard InChI is InChI=1S/C43H49ClFN9O4/c44-34-26-46-43(51-40(34)28-4-3-5-33(24-28)54-19-2-1-6-39(54)56)49-30-11-9-29(10-12-30)48-41(57)27-7-14-32(15-8-27)52-20-22-53(23-21-52)37-17-13-31(25-35(37)45)47-36-16-18-38(55)50-42(36)58/h1-6,13,17,19,24-27,29-30,32,36,47H,7-12,14-16,18,20-23H2,(H,48,57)(H,46,49,51)(H,50,55,58)/t27-,29?,30?,32-,36?. The van der Waals surface area contributed by atoms with Gasteiger partial charge in [0, 0.05) is 85.8 Å². The first-order valence-electron chi connectivity index (χ1n) is 20.4. The minimum Gasteiger partial charge on any atom is -0.374 e. The van der Waals surface area contributed by atoms with E-state index in [1.165, 1.54) is 12.1 Å². The molecule has 4 fully saturated rings. The molecule has 2 aliphatic carbocycles. The van der Waals surface area contributed by atoms with Crippen LogP contribution in [0.25, 0.3) is 16.9 Å². The van der Waals surface area contributed by atoms with Gasteiger partial charge in [-0.05, 0) is 94.2 Å². The van der Waals surface area contributed by atoms with E-state index in [1.54, 1.807) is 35.2 Å². The summed E-state index contributed by atoms with van der Waals surface area (Å²) >= 11 is 6.55. The van der Waals surface area contributed by atoms with Crippen molar-refractivity contribution in [2.75, 3.05) is 41.7 Å². The number of piperazine rings is 1. The highest BCUT2D eigenvalue weighted by molar-refractivity contribution is 6.32. The molecule has 0 spiro atoms. The van der Waals surface area contributed by atoms with E-state index < -0.39 is 6.04 Å². The lowest BCUT2D eigenvalue weighted by Gasteiger charge is -2.42. The molecule has 304 valence electrons. The Bertz CT molecular complexity index is 2200. The van der Waals surface area contributed by atoms with Gasteiger partial charge >= 0.3 is 0 Å². The van der Waals surface area contributed by atoms with Crippen LogP contribution in [-0.2, 0) is 14.4 Å². The zero-order valence-corrected chi connectivity index (χ0v) is 33.1. The van der Waals surface area contributed by atoms with Crippen molar-refractivity contribution >= 4 is 46.6 Å². The number of aromatic nitrogens is 3. The summed E-state index contributed by atoms with van der Waals surface area (Å²) in [4.78, 5) is 63.1. The van der Waals surface area contributed by atoms with Gasteiger partial charge in [-0.1, -0.05) is 29.8 Å². The summed E-state index contributed by atoms with van der Waals surface area (Å²) < 4.78 is 16.8. The molecule has 13 nitrogen and oxygen atoms in total. The molecule has 3 amide bonds. The molecule has 58 heavy (non-hydrogen) atoms. The number of amides is 3. The third-order valence-corrected chi connectivity index (χ3v) is 12.4. The van der Waals surface area contributed by atoms with Crippen LogP contribution in [0.2, 0.25) is 5.02 Å². The smallest absolute Gasteiger partial charge is 0.255 e. The van der Waals surface area contributed by atoms with E-state index in [9.17, 15) is 19.2 Å². The first kappa shape index (κ1) is 39.5. The number of piperidine rings is 1. The molecule has 2 aromatic carbocycles. The number of halogens is 2. The molecule has 0 radical (unpaired) electrons. The molecule has 2 aromatic heterocycles. The number of imide groups is 1. The second-order valence-electron chi connectivity index (χ2n) is 15.9. The Morgan fingerprint density at radius 1 is 0.828 bits per heavy atom. The lowest BCUT2D eigenvalue weighted by Crippen LogP contribution is -2.52. The molecule has 4 N–H and O–H groups in total. The maximum absolute atomic E-state index is 15.2.